The minimum absolute atomic E-state index is 0.0579. The van der Waals surface area contributed by atoms with Crippen molar-refractivity contribution in [1.29, 1.82) is 0 Å². The van der Waals surface area contributed by atoms with E-state index in [0.717, 1.165) is 16.1 Å². The maximum atomic E-state index is 13.1. The van der Waals surface area contributed by atoms with Crippen molar-refractivity contribution in [3.63, 3.8) is 0 Å². The molecule has 0 spiro atoms. The van der Waals surface area contributed by atoms with Crippen molar-refractivity contribution in [3.8, 4) is 0 Å². The third kappa shape index (κ3) is 6.33. The highest BCUT2D eigenvalue weighted by atomic mass is 32.2. The molecular weight excluding hydrogens is 482 g/mol. The van der Waals surface area contributed by atoms with Gasteiger partial charge in [0.15, 0.2) is 0 Å². The number of anilines is 1. The van der Waals surface area contributed by atoms with Crippen molar-refractivity contribution in [1.82, 2.24) is 9.62 Å². The van der Waals surface area contributed by atoms with E-state index < -0.39 is 44.0 Å². The molecule has 0 unspecified atom stereocenters. The third-order valence-corrected chi connectivity index (χ3v) is 7.97. The largest absolute Gasteiger partial charge is 0.480 e. The molecule has 10 nitrogen and oxygen atoms in total. The number of aryl methyl sites for hydroxylation is 1. The Kier molecular flexibility index (Phi) is 7.64. The second-order valence-electron chi connectivity index (χ2n) is 8.26. The number of hydrogen-bond acceptors (Lipinski definition) is 6. The van der Waals surface area contributed by atoms with Crippen LogP contribution in [0, 0.1) is 6.92 Å². The van der Waals surface area contributed by atoms with Crippen molar-refractivity contribution in [2.75, 3.05) is 17.5 Å². The minimum Gasteiger partial charge on any atom is -0.480 e. The maximum Gasteiger partial charge on any atom is 0.326 e. The van der Waals surface area contributed by atoms with E-state index in [2.05, 4.69) is 10.0 Å². The summed E-state index contributed by atoms with van der Waals surface area (Å²) in [7, 11) is -7.36. The number of aliphatic carboxylic acids is 1. The Bertz CT molecular complexity index is 1260. The Balaban J connectivity index is 1.72. The fraction of sp³-hybridized carbons (Fsp3) is 0.364. The first kappa shape index (κ1) is 25.7. The highest BCUT2D eigenvalue weighted by Crippen LogP contribution is 2.26. The van der Waals surface area contributed by atoms with Crippen LogP contribution in [0.4, 0.5) is 5.69 Å². The van der Waals surface area contributed by atoms with Gasteiger partial charge >= 0.3 is 5.97 Å². The van der Waals surface area contributed by atoms with Gasteiger partial charge in [-0.15, -0.1) is 0 Å². The second-order valence-corrected chi connectivity index (χ2v) is 11.9. The number of carbonyl (C=O) groups is 2. The minimum atomic E-state index is -3.92. The molecule has 184 valence electrons. The molecule has 2 aromatic carbocycles. The van der Waals surface area contributed by atoms with Gasteiger partial charge < -0.3 is 10.4 Å². The van der Waals surface area contributed by atoms with Gasteiger partial charge in [0.25, 0.3) is 0 Å². The zero-order chi connectivity index (χ0) is 25.1. The van der Waals surface area contributed by atoms with Crippen LogP contribution in [0.25, 0.3) is 0 Å². The molecule has 0 radical (unpaired) electrons. The van der Waals surface area contributed by atoms with E-state index >= 15 is 0 Å². The smallest absolute Gasteiger partial charge is 0.326 e. The summed E-state index contributed by atoms with van der Waals surface area (Å²) >= 11 is 0. The topological polar surface area (TPSA) is 150 Å². The normalized spacial score (nSPS) is 17.8. The Morgan fingerprint density at radius 1 is 1.06 bits per heavy atom. The highest BCUT2D eigenvalue weighted by molar-refractivity contribution is 7.92. The van der Waals surface area contributed by atoms with Gasteiger partial charge in [0.2, 0.25) is 26.0 Å². The van der Waals surface area contributed by atoms with E-state index in [1.807, 2.05) is 6.92 Å². The van der Waals surface area contributed by atoms with Gasteiger partial charge in [-0.05, 0) is 49.6 Å². The summed E-state index contributed by atoms with van der Waals surface area (Å²) < 4.78 is 52.2. The Hall–Kier alpha value is -2.96. The lowest BCUT2D eigenvalue weighted by Gasteiger charge is -2.25. The third-order valence-electron chi connectivity index (χ3n) is 5.45. The van der Waals surface area contributed by atoms with Gasteiger partial charge in [-0.2, -0.15) is 4.31 Å². The molecule has 1 aliphatic heterocycles. The predicted molar refractivity (Wildman–Crippen MR) is 126 cm³/mol. The van der Waals surface area contributed by atoms with Crippen LogP contribution >= 0.6 is 0 Å². The molecule has 0 saturated carbocycles. The number of carboxylic acid groups (broad SMARTS) is 1. The number of nitrogens with one attached hydrogen (secondary N) is 2. The molecule has 1 heterocycles. The summed E-state index contributed by atoms with van der Waals surface area (Å²) in [5.74, 6) is -1.94. The molecule has 2 atom stereocenters. The standard InChI is InChI=1S/C22H27N3O7S2/c1-15-5-11-18(12-6-15)34(31,32)25-13-3-4-20(25)21(26)23-19(22(27)28)14-16-7-9-17(10-8-16)24-33(2,29)30/h5-12,19-20,24H,3-4,13-14H2,1-2H3,(H,23,26)(H,27,28)/t19-,20-/m0/s1. The number of amides is 1. The lowest BCUT2D eigenvalue weighted by molar-refractivity contribution is -0.142. The van der Waals surface area contributed by atoms with Crippen LogP contribution in [-0.2, 0) is 36.1 Å². The number of carboxylic acids is 1. The molecule has 1 fully saturated rings. The van der Waals surface area contributed by atoms with Crippen molar-refractivity contribution >= 4 is 37.6 Å². The van der Waals surface area contributed by atoms with E-state index in [0.29, 0.717) is 17.7 Å². The summed E-state index contributed by atoms with van der Waals surface area (Å²) in [6.45, 7) is 2.01. The van der Waals surface area contributed by atoms with Crippen LogP contribution in [0.5, 0.6) is 0 Å². The number of hydrogen-bond donors (Lipinski definition) is 3. The van der Waals surface area contributed by atoms with Gasteiger partial charge in [0.1, 0.15) is 12.1 Å². The zero-order valence-electron chi connectivity index (χ0n) is 18.8. The molecule has 0 aliphatic carbocycles. The number of nitrogens with zero attached hydrogens (tertiary/aromatic N) is 1. The van der Waals surface area contributed by atoms with Crippen LogP contribution in [0.1, 0.15) is 24.0 Å². The Labute approximate surface area is 199 Å². The van der Waals surface area contributed by atoms with E-state index in [1.165, 1.54) is 24.3 Å². The highest BCUT2D eigenvalue weighted by Gasteiger charge is 2.40. The summed E-state index contributed by atoms with van der Waals surface area (Å²) in [6, 6.07) is 10.1. The monoisotopic (exact) mass is 509 g/mol. The average Bonchev–Trinajstić information content (AvgIpc) is 3.25. The summed E-state index contributed by atoms with van der Waals surface area (Å²) in [4.78, 5) is 24.8. The van der Waals surface area contributed by atoms with Gasteiger partial charge in [-0.1, -0.05) is 29.8 Å². The van der Waals surface area contributed by atoms with Crippen molar-refractivity contribution < 1.29 is 31.5 Å². The second kappa shape index (κ2) is 10.1. The van der Waals surface area contributed by atoms with Crippen LogP contribution < -0.4 is 10.0 Å². The molecule has 0 bridgehead atoms. The fourth-order valence-electron chi connectivity index (χ4n) is 3.76. The lowest BCUT2D eigenvalue weighted by Crippen LogP contribution is -2.51. The van der Waals surface area contributed by atoms with E-state index in [1.54, 1.807) is 24.3 Å². The fourth-order valence-corrected chi connectivity index (χ4v) is 5.98. The maximum absolute atomic E-state index is 13.1. The van der Waals surface area contributed by atoms with Gasteiger partial charge in [-0.3, -0.25) is 9.52 Å². The first-order valence-electron chi connectivity index (χ1n) is 10.6. The lowest BCUT2D eigenvalue weighted by atomic mass is 10.0. The van der Waals surface area contributed by atoms with Gasteiger partial charge in [0.05, 0.1) is 11.2 Å². The SMILES string of the molecule is Cc1ccc(S(=O)(=O)N2CCC[C@H]2C(=O)N[C@@H](Cc2ccc(NS(C)(=O)=O)cc2)C(=O)O)cc1. The van der Waals surface area contributed by atoms with E-state index in [9.17, 15) is 31.5 Å². The molecular formula is C22H27N3O7S2. The summed E-state index contributed by atoms with van der Waals surface area (Å²) in [5, 5.41) is 12.1. The molecule has 1 amide bonds. The van der Waals surface area contributed by atoms with Gasteiger partial charge in [0, 0.05) is 18.7 Å². The number of sulfonamides is 2. The average molecular weight is 510 g/mol. The van der Waals surface area contributed by atoms with Crippen LogP contribution in [0.15, 0.2) is 53.4 Å². The molecule has 2 aromatic rings. The van der Waals surface area contributed by atoms with E-state index in [4.69, 9.17) is 0 Å². The molecule has 12 heteroatoms. The van der Waals surface area contributed by atoms with Crippen LogP contribution in [0.2, 0.25) is 0 Å². The van der Waals surface area contributed by atoms with Crippen molar-refractivity contribution in [2.45, 2.75) is 43.2 Å². The number of rotatable bonds is 9. The van der Waals surface area contributed by atoms with Crippen LogP contribution in [-0.4, -0.2) is 63.0 Å². The molecule has 3 rings (SSSR count). The number of benzene rings is 2. The van der Waals surface area contributed by atoms with E-state index in [-0.39, 0.29) is 24.3 Å². The summed E-state index contributed by atoms with van der Waals surface area (Å²) in [5.41, 5.74) is 1.78. The van der Waals surface area contributed by atoms with Crippen LogP contribution in [0.3, 0.4) is 0 Å². The van der Waals surface area contributed by atoms with Crippen molar-refractivity contribution in [3.05, 3.63) is 59.7 Å². The molecule has 1 aliphatic rings. The first-order chi connectivity index (χ1) is 15.9. The zero-order valence-corrected chi connectivity index (χ0v) is 20.4. The quantitative estimate of drug-likeness (QED) is 0.461. The number of carbonyl (C=O) groups excluding carboxylic acids is 1. The van der Waals surface area contributed by atoms with Gasteiger partial charge in [-0.25, -0.2) is 21.6 Å². The first-order valence-corrected chi connectivity index (χ1v) is 13.9. The Morgan fingerprint density at radius 3 is 2.24 bits per heavy atom. The molecule has 1 saturated heterocycles. The molecule has 3 N–H and O–H groups in total. The molecule has 34 heavy (non-hydrogen) atoms. The van der Waals surface area contributed by atoms with Crippen molar-refractivity contribution in [2.24, 2.45) is 0 Å². The summed E-state index contributed by atoms with van der Waals surface area (Å²) in [6.07, 6.45) is 1.73. The Morgan fingerprint density at radius 2 is 1.68 bits per heavy atom. The predicted octanol–water partition coefficient (Wildman–Crippen LogP) is 1.33. The molecule has 0 aromatic heterocycles.